The molecule has 8 heteroatoms. The molecule has 1 saturated heterocycles. The molecule has 23 heavy (non-hydrogen) atoms. The van der Waals surface area contributed by atoms with Crippen LogP contribution in [0.15, 0.2) is 34.7 Å². The van der Waals surface area contributed by atoms with Crippen molar-refractivity contribution in [3.05, 3.63) is 36.1 Å². The van der Waals surface area contributed by atoms with Crippen LogP contribution < -0.4 is 0 Å². The van der Waals surface area contributed by atoms with Gasteiger partial charge in [-0.15, -0.1) is 11.3 Å². The van der Waals surface area contributed by atoms with Gasteiger partial charge in [0.2, 0.25) is 11.7 Å². The molecule has 0 aliphatic carbocycles. The monoisotopic (exact) mass is 330 g/mol. The zero-order valence-electron chi connectivity index (χ0n) is 12.7. The van der Waals surface area contributed by atoms with Gasteiger partial charge in [0.05, 0.1) is 11.4 Å². The van der Waals surface area contributed by atoms with E-state index in [0.717, 1.165) is 24.5 Å². The number of thiophene rings is 1. The van der Waals surface area contributed by atoms with E-state index >= 15 is 0 Å². The molecule has 1 unspecified atom stereocenters. The van der Waals surface area contributed by atoms with Crippen LogP contribution in [0.5, 0.6) is 0 Å². The van der Waals surface area contributed by atoms with Crippen molar-refractivity contribution in [1.29, 1.82) is 0 Å². The molecule has 0 radical (unpaired) electrons. The molecule has 0 saturated carbocycles. The largest absolute Gasteiger partial charge is 0.338 e. The van der Waals surface area contributed by atoms with Crippen molar-refractivity contribution < 1.29 is 4.52 Å². The average molecular weight is 330 g/mol. The highest BCUT2D eigenvalue weighted by Crippen LogP contribution is 2.23. The Balaban J connectivity index is 1.37. The lowest BCUT2D eigenvalue weighted by atomic mass is 9.98. The van der Waals surface area contributed by atoms with E-state index in [1.165, 1.54) is 12.8 Å². The third kappa shape index (κ3) is 3.48. The Morgan fingerprint density at radius 1 is 1.39 bits per heavy atom. The second kappa shape index (κ2) is 6.59. The highest BCUT2D eigenvalue weighted by Gasteiger charge is 2.22. The summed E-state index contributed by atoms with van der Waals surface area (Å²) in [7, 11) is 0. The Labute approximate surface area is 138 Å². The zero-order valence-corrected chi connectivity index (χ0v) is 13.5. The predicted molar refractivity (Wildman–Crippen MR) is 85.6 cm³/mol. The molecule has 1 atom stereocenters. The summed E-state index contributed by atoms with van der Waals surface area (Å²) in [5.41, 5.74) is 0. The van der Waals surface area contributed by atoms with Gasteiger partial charge in [-0.25, -0.2) is 4.98 Å². The number of piperidine rings is 1. The van der Waals surface area contributed by atoms with Gasteiger partial charge < -0.3 is 4.52 Å². The molecular formula is C15H18N6OS. The van der Waals surface area contributed by atoms with Crippen LogP contribution in [0, 0.1) is 5.92 Å². The number of likely N-dealkylation sites (tertiary alicyclic amines) is 1. The zero-order chi connectivity index (χ0) is 15.5. The summed E-state index contributed by atoms with van der Waals surface area (Å²) in [4.78, 5) is 11.9. The summed E-state index contributed by atoms with van der Waals surface area (Å²) >= 11 is 1.62. The van der Waals surface area contributed by atoms with Gasteiger partial charge in [-0.3, -0.25) is 9.58 Å². The van der Waals surface area contributed by atoms with Crippen molar-refractivity contribution in [2.24, 2.45) is 5.92 Å². The van der Waals surface area contributed by atoms with Crippen molar-refractivity contribution in [2.45, 2.75) is 25.9 Å². The highest BCUT2D eigenvalue weighted by atomic mass is 32.1. The summed E-state index contributed by atoms with van der Waals surface area (Å²) in [6.07, 6.45) is 5.78. The third-order valence-corrected chi connectivity index (χ3v) is 4.95. The number of rotatable bonds is 5. The Hall–Kier alpha value is -2.06. The molecule has 0 bridgehead atoms. The van der Waals surface area contributed by atoms with Crippen LogP contribution in [0.1, 0.15) is 18.7 Å². The Bertz CT molecular complexity index is 723. The second-order valence-corrected chi connectivity index (χ2v) is 6.80. The van der Waals surface area contributed by atoms with Crippen LogP contribution in [-0.4, -0.2) is 42.9 Å². The lowest BCUT2D eigenvalue weighted by Gasteiger charge is -2.31. The van der Waals surface area contributed by atoms with Crippen LogP contribution in [0.4, 0.5) is 0 Å². The van der Waals surface area contributed by atoms with Gasteiger partial charge in [0.15, 0.2) is 0 Å². The molecule has 7 nitrogen and oxygen atoms in total. The third-order valence-electron chi connectivity index (χ3n) is 4.08. The molecule has 0 N–H and O–H groups in total. The molecule has 0 amide bonds. The number of nitrogens with zero attached hydrogens (tertiary/aromatic N) is 6. The van der Waals surface area contributed by atoms with E-state index in [-0.39, 0.29) is 0 Å². The van der Waals surface area contributed by atoms with Gasteiger partial charge >= 0.3 is 0 Å². The van der Waals surface area contributed by atoms with Crippen molar-refractivity contribution in [3.63, 3.8) is 0 Å². The molecule has 3 aromatic heterocycles. The first-order chi connectivity index (χ1) is 11.4. The fourth-order valence-corrected chi connectivity index (χ4v) is 3.70. The van der Waals surface area contributed by atoms with Crippen molar-refractivity contribution in [2.75, 3.05) is 13.1 Å². The van der Waals surface area contributed by atoms with Gasteiger partial charge in [0, 0.05) is 13.1 Å². The summed E-state index contributed by atoms with van der Waals surface area (Å²) in [6.45, 7) is 3.73. The lowest BCUT2D eigenvalue weighted by molar-refractivity contribution is 0.138. The number of aromatic nitrogens is 5. The Morgan fingerprint density at radius 2 is 2.39 bits per heavy atom. The fourth-order valence-electron chi connectivity index (χ4n) is 3.05. The topological polar surface area (TPSA) is 72.9 Å². The standard InChI is InChI=1S/C15H18N6OS/c1-3-12(8-21-11-16-10-17-21)7-20(5-1)9-14-18-15(19-22-14)13-4-2-6-23-13/h2,4,6,10-12H,1,3,5,7-9H2. The molecule has 4 rings (SSSR count). The molecule has 0 spiro atoms. The summed E-state index contributed by atoms with van der Waals surface area (Å²) < 4.78 is 7.32. The smallest absolute Gasteiger partial charge is 0.241 e. The van der Waals surface area contributed by atoms with Gasteiger partial charge in [-0.05, 0) is 36.8 Å². The van der Waals surface area contributed by atoms with Gasteiger partial charge in [-0.2, -0.15) is 10.1 Å². The van der Waals surface area contributed by atoms with Crippen LogP contribution in [0.2, 0.25) is 0 Å². The minimum absolute atomic E-state index is 0.588. The summed E-state index contributed by atoms with van der Waals surface area (Å²) in [5.74, 6) is 1.96. The highest BCUT2D eigenvalue weighted by molar-refractivity contribution is 7.13. The summed E-state index contributed by atoms with van der Waals surface area (Å²) in [5, 5.41) is 10.3. The maximum Gasteiger partial charge on any atom is 0.241 e. The van der Waals surface area contributed by atoms with Crippen molar-refractivity contribution in [1.82, 2.24) is 29.8 Å². The van der Waals surface area contributed by atoms with Crippen LogP contribution >= 0.6 is 11.3 Å². The van der Waals surface area contributed by atoms with E-state index in [9.17, 15) is 0 Å². The molecule has 120 valence electrons. The van der Waals surface area contributed by atoms with E-state index in [0.29, 0.717) is 24.2 Å². The number of hydrogen-bond acceptors (Lipinski definition) is 7. The molecule has 1 aliphatic rings. The summed E-state index contributed by atoms with van der Waals surface area (Å²) in [6, 6.07) is 4.00. The fraction of sp³-hybridized carbons (Fsp3) is 0.467. The lowest BCUT2D eigenvalue weighted by Crippen LogP contribution is -2.36. The van der Waals surface area contributed by atoms with E-state index < -0.39 is 0 Å². The molecule has 0 aromatic carbocycles. The Kier molecular flexibility index (Phi) is 4.16. The van der Waals surface area contributed by atoms with Crippen LogP contribution in [0.3, 0.4) is 0 Å². The van der Waals surface area contributed by atoms with Gasteiger partial charge in [0.1, 0.15) is 12.7 Å². The minimum Gasteiger partial charge on any atom is -0.338 e. The van der Waals surface area contributed by atoms with E-state index in [2.05, 4.69) is 25.1 Å². The normalized spacial score (nSPS) is 19.2. The van der Waals surface area contributed by atoms with Crippen molar-refractivity contribution >= 4 is 11.3 Å². The SMILES string of the molecule is c1csc(-c2noc(CN3CCCC(Cn4cncn4)C3)n2)c1. The predicted octanol–water partition coefficient (Wildman–Crippen LogP) is 2.30. The first kappa shape index (κ1) is 14.5. The minimum atomic E-state index is 0.588. The maximum absolute atomic E-state index is 5.41. The van der Waals surface area contributed by atoms with Crippen LogP contribution in [0.25, 0.3) is 10.7 Å². The molecule has 4 heterocycles. The van der Waals surface area contributed by atoms with E-state index in [1.54, 1.807) is 24.0 Å². The van der Waals surface area contributed by atoms with E-state index in [1.807, 2.05) is 22.2 Å². The quantitative estimate of drug-likeness (QED) is 0.715. The van der Waals surface area contributed by atoms with Crippen LogP contribution in [-0.2, 0) is 13.1 Å². The molecular weight excluding hydrogens is 312 g/mol. The average Bonchev–Trinajstić information content (AvgIpc) is 3.30. The number of hydrogen-bond donors (Lipinski definition) is 0. The first-order valence-corrected chi connectivity index (χ1v) is 8.66. The Morgan fingerprint density at radius 3 is 3.22 bits per heavy atom. The first-order valence-electron chi connectivity index (χ1n) is 7.78. The molecule has 1 aliphatic heterocycles. The maximum atomic E-state index is 5.41. The van der Waals surface area contributed by atoms with Gasteiger partial charge in [-0.1, -0.05) is 11.2 Å². The molecule has 1 fully saturated rings. The molecule has 3 aromatic rings. The van der Waals surface area contributed by atoms with Crippen molar-refractivity contribution in [3.8, 4) is 10.7 Å². The van der Waals surface area contributed by atoms with Gasteiger partial charge in [0.25, 0.3) is 0 Å². The van der Waals surface area contributed by atoms with E-state index in [4.69, 9.17) is 4.52 Å². The second-order valence-electron chi connectivity index (χ2n) is 5.85.